The van der Waals surface area contributed by atoms with Crippen molar-refractivity contribution >= 4 is 10.8 Å². The molecule has 4 aromatic rings. The van der Waals surface area contributed by atoms with Crippen molar-refractivity contribution in [1.82, 2.24) is 0 Å². The van der Waals surface area contributed by atoms with E-state index in [4.69, 9.17) is 4.74 Å². The van der Waals surface area contributed by atoms with E-state index < -0.39 is 11.6 Å². The molecule has 0 fully saturated rings. The van der Waals surface area contributed by atoms with Gasteiger partial charge in [0, 0.05) is 11.1 Å². The minimum atomic E-state index is -0.849. The molecule has 1 nitrogen and oxygen atoms in total. The molecule has 0 atom stereocenters. The molecule has 3 heteroatoms. The van der Waals surface area contributed by atoms with Gasteiger partial charge < -0.3 is 4.74 Å². The fourth-order valence-corrected chi connectivity index (χ4v) is 3.30. The van der Waals surface area contributed by atoms with Gasteiger partial charge in [-0.2, -0.15) is 0 Å². The van der Waals surface area contributed by atoms with Crippen LogP contribution in [0.3, 0.4) is 0 Å². The molecule has 0 heterocycles. The molecule has 0 aliphatic carbocycles. The van der Waals surface area contributed by atoms with Crippen LogP contribution in [0.5, 0.6) is 5.75 Å². The van der Waals surface area contributed by atoms with E-state index >= 15 is 0 Å². The van der Waals surface area contributed by atoms with Crippen molar-refractivity contribution in [3.63, 3.8) is 0 Å². The summed E-state index contributed by atoms with van der Waals surface area (Å²) in [6.45, 7) is 0. The van der Waals surface area contributed by atoms with Gasteiger partial charge in [-0.3, -0.25) is 0 Å². The Bertz CT molecular complexity index is 1230. The third-order valence-corrected chi connectivity index (χ3v) is 5.05. The highest BCUT2D eigenvalue weighted by molar-refractivity contribution is 5.84. The van der Waals surface area contributed by atoms with Gasteiger partial charge in [-0.25, -0.2) is 8.78 Å². The van der Waals surface area contributed by atoms with Gasteiger partial charge in [0.2, 0.25) is 0 Å². The standard InChI is InChI=1S/C27H20F2O/c1-30-25-14-11-21(12-15-25)7-6-19-2-4-20(5-3-19)8-9-22-10-13-23-17-26(28)27(29)18-24(23)16-22/h2-5,10-18H,6-7H2,1H3. The van der Waals surface area contributed by atoms with Gasteiger partial charge in [0.15, 0.2) is 11.6 Å². The summed E-state index contributed by atoms with van der Waals surface area (Å²) >= 11 is 0. The van der Waals surface area contributed by atoms with Crippen molar-refractivity contribution in [3.05, 3.63) is 113 Å². The topological polar surface area (TPSA) is 9.23 Å². The second-order valence-corrected chi connectivity index (χ2v) is 7.12. The summed E-state index contributed by atoms with van der Waals surface area (Å²) in [5.41, 5.74) is 4.19. The number of halogens is 2. The number of rotatable bonds is 4. The number of ether oxygens (including phenoxy) is 1. The van der Waals surface area contributed by atoms with Crippen LogP contribution >= 0.6 is 0 Å². The molecule has 0 N–H and O–H groups in total. The minimum absolute atomic E-state index is 0.634. The van der Waals surface area contributed by atoms with Crippen LogP contribution in [-0.2, 0) is 12.8 Å². The van der Waals surface area contributed by atoms with Crippen LogP contribution < -0.4 is 4.74 Å². The van der Waals surface area contributed by atoms with Crippen LogP contribution in [0.1, 0.15) is 22.3 Å². The first-order chi connectivity index (χ1) is 14.6. The van der Waals surface area contributed by atoms with Gasteiger partial charge in [0.1, 0.15) is 5.75 Å². The lowest BCUT2D eigenvalue weighted by molar-refractivity contribution is 0.414. The molecule has 0 bridgehead atoms. The van der Waals surface area contributed by atoms with Crippen molar-refractivity contribution < 1.29 is 13.5 Å². The van der Waals surface area contributed by atoms with Crippen molar-refractivity contribution in [1.29, 1.82) is 0 Å². The molecule has 4 rings (SSSR count). The van der Waals surface area contributed by atoms with E-state index in [1.54, 1.807) is 19.2 Å². The zero-order chi connectivity index (χ0) is 20.9. The fraction of sp³-hybridized carbons (Fsp3) is 0.111. The van der Waals surface area contributed by atoms with Crippen molar-refractivity contribution in [2.45, 2.75) is 12.8 Å². The number of hydrogen-bond acceptors (Lipinski definition) is 1. The molecule has 0 aliphatic heterocycles. The molecule has 148 valence electrons. The predicted octanol–water partition coefficient (Wildman–Crippen LogP) is 6.31. The maximum absolute atomic E-state index is 13.5. The zero-order valence-corrected chi connectivity index (χ0v) is 16.6. The van der Waals surface area contributed by atoms with Crippen molar-refractivity contribution in [2.75, 3.05) is 7.11 Å². The van der Waals surface area contributed by atoms with Gasteiger partial charge in [-0.1, -0.05) is 42.2 Å². The molecule has 0 saturated heterocycles. The zero-order valence-electron chi connectivity index (χ0n) is 16.6. The number of hydrogen-bond donors (Lipinski definition) is 0. The molecular weight excluding hydrogens is 378 g/mol. The summed E-state index contributed by atoms with van der Waals surface area (Å²) in [5, 5.41) is 1.29. The minimum Gasteiger partial charge on any atom is -0.497 e. The number of methoxy groups -OCH3 is 1. The van der Waals surface area contributed by atoms with Crippen LogP contribution in [0.25, 0.3) is 10.8 Å². The first-order valence-corrected chi connectivity index (χ1v) is 9.73. The molecule has 0 radical (unpaired) electrons. The fourth-order valence-electron chi connectivity index (χ4n) is 3.30. The Morgan fingerprint density at radius 1 is 0.633 bits per heavy atom. The molecule has 0 saturated carbocycles. The molecule has 4 aromatic carbocycles. The summed E-state index contributed by atoms with van der Waals surface area (Å²) < 4.78 is 32.0. The first kappa shape index (κ1) is 19.7. The highest BCUT2D eigenvalue weighted by Crippen LogP contribution is 2.20. The van der Waals surface area contributed by atoms with Gasteiger partial charge in [-0.15, -0.1) is 0 Å². The summed E-state index contributed by atoms with van der Waals surface area (Å²) in [5.74, 6) is 5.41. The van der Waals surface area contributed by atoms with Crippen LogP contribution in [-0.4, -0.2) is 7.11 Å². The summed E-state index contributed by atoms with van der Waals surface area (Å²) in [7, 11) is 1.67. The summed E-state index contributed by atoms with van der Waals surface area (Å²) in [4.78, 5) is 0. The molecule has 0 spiro atoms. The number of aryl methyl sites for hydroxylation is 2. The molecule has 0 amide bonds. The van der Waals surface area contributed by atoms with Crippen LogP contribution in [0.4, 0.5) is 8.78 Å². The number of fused-ring (bicyclic) bond motifs is 1. The second-order valence-electron chi connectivity index (χ2n) is 7.12. The third-order valence-electron chi connectivity index (χ3n) is 5.05. The lowest BCUT2D eigenvalue weighted by Crippen LogP contribution is -1.92. The van der Waals surface area contributed by atoms with E-state index in [-0.39, 0.29) is 0 Å². The second kappa shape index (κ2) is 8.80. The Morgan fingerprint density at radius 2 is 1.17 bits per heavy atom. The SMILES string of the molecule is COc1ccc(CCc2ccc(C#Cc3ccc4cc(F)c(F)cc4c3)cc2)cc1. The highest BCUT2D eigenvalue weighted by Gasteiger charge is 2.04. The van der Waals surface area contributed by atoms with Gasteiger partial charge in [0.25, 0.3) is 0 Å². The smallest absolute Gasteiger partial charge is 0.159 e. The predicted molar refractivity (Wildman–Crippen MR) is 117 cm³/mol. The molecule has 30 heavy (non-hydrogen) atoms. The van der Waals surface area contributed by atoms with E-state index in [2.05, 4.69) is 36.1 Å². The Hall–Kier alpha value is -3.64. The Morgan fingerprint density at radius 3 is 1.80 bits per heavy atom. The lowest BCUT2D eigenvalue weighted by Gasteiger charge is -2.04. The van der Waals surface area contributed by atoms with Crippen LogP contribution in [0.15, 0.2) is 78.9 Å². The Labute approximate surface area is 174 Å². The quantitative estimate of drug-likeness (QED) is 0.366. The molecule has 0 unspecified atom stereocenters. The normalized spacial score (nSPS) is 10.5. The monoisotopic (exact) mass is 398 g/mol. The average Bonchev–Trinajstić information content (AvgIpc) is 2.78. The van der Waals surface area contributed by atoms with E-state index in [1.807, 2.05) is 30.3 Å². The molecular formula is C27H20F2O. The maximum atomic E-state index is 13.5. The Balaban J connectivity index is 1.43. The highest BCUT2D eigenvalue weighted by atomic mass is 19.2. The van der Waals surface area contributed by atoms with E-state index in [9.17, 15) is 8.78 Å². The molecule has 0 aliphatic rings. The van der Waals surface area contributed by atoms with Crippen LogP contribution in [0, 0.1) is 23.5 Å². The third kappa shape index (κ3) is 4.67. The Kier molecular flexibility index (Phi) is 5.77. The van der Waals surface area contributed by atoms with E-state index in [0.29, 0.717) is 10.8 Å². The first-order valence-electron chi connectivity index (χ1n) is 9.73. The maximum Gasteiger partial charge on any atom is 0.159 e. The molecule has 0 aromatic heterocycles. The van der Waals surface area contributed by atoms with Gasteiger partial charge in [-0.05, 0) is 83.3 Å². The van der Waals surface area contributed by atoms with Crippen LogP contribution in [0.2, 0.25) is 0 Å². The van der Waals surface area contributed by atoms with Gasteiger partial charge >= 0.3 is 0 Å². The van der Waals surface area contributed by atoms with Crippen molar-refractivity contribution in [2.24, 2.45) is 0 Å². The number of benzene rings is 4. The summed E-state index contributed by atoms with van der Waals surface area (Å²) in [6, 6.07) is 24.1. The van der Waals surface area contributed by atoms with E-state index in [1.165, 1.54) is 23.3 Å². The lowest BCUT2D eigenvalue weighted by atomic mass is 10.0. The summed E-state index contributed by atoms with van der Waals surface area (Å²) in [6.07, 6.45) is 1.91. The largest absolute Gasteiger partial charge is 0.497 e. The van der Waals surface area contributed by atoms with E-state index in [0.717, 1.165) is 29.7 Å². The van der Waals surface area contributed by atoms with Crippen molar-refractivity contribution in [3.8, 4) is 17.6 Å². The average molecular weight is 398 g/mol. The van der Waals surface area contributed by atoms with Gasteiger partial charge in [0.05, 0.1) is 7.11 Å².